The molecule has 0 fully saturated rings. The number of benzene rings is 2. The van der Waals surface area contributed by atoms with Gasteiger partial charge in [0.05, 0.1) is 12.2 Å². The van der Waals surface area contributed by atoms with Gasteiger partial charge in [-0.3, -0.25) is 14.3 Å². The Morgan fingerprint density at radius 2 is 1.93 bits per heavy atom. The van der Waals surface area contributed by atoms with E-state index >= 15 is 0 Å². The minimum absolute atomic E-state index is 0.00860. The molecule has 0 aliphatic carbocycles. The summed E-state index contributed by atoms with van der Waals surface area (Å²) in [4.78, 5) is 26.4. The van der Waals surface area contributed by atoms with Crippen LogP contribution >= 0.6 is 0 Å². The Morgan fingerprint density at radius 1 is 1.11 bits per heavy atom. The zero-order valence-electron chi connectivity index (χ0n) is 15.2. The van der Waals surface area contributed by atoms with Crippen molar-refractivity contribution in [2.24, 2.45) is 0 Å². The van der Waals surface area contributed by atoms with E-state index in [4.69, 9.17) is 4.74 Å². The quantitative estimate of drug-likeness (QED) is 0.718. The maximum atomic E-state index is 12.5. The van der Waals surface area contributed by atoms with Crippen molar-refractivity contribution in [2.45, 2.75) is 13.0 Å². The third-order valence-corrected chi connectivity index (χ3v) is 4.55. The lowest BCUT2D eigenvalue weighted by atomic mass is 10.1. The number of hydrogen-bond donors (Lipinski definition) is 1. The molecule has 1 N–H and O–H groups in total. The number of para-hydroxylation sites is 3. The minimum Gasteiger partial charge on any atom is -0.482 e. The number of carbonyl (C=O) groups excluding carboxylic acids is 2. The summed E-state index contributed by atoms with van der Waals surface area (Å²) in [6, 6.07) is 16.8. The van der Waals surface area contributed by atoms with Gasteiger partial charge in [0.2, 0.25) is 5.91 Å². The Kier molecular flexibility index (Phi) is 5.05. The van der Waals surface area contributed by atoms with Crippen LogP contribution in [0.4, 0.5) is 11.4 Å². The third-order valence-electron chi connectivity index (χ3n) is 4.55. The first kappa shape index (κ1) is 17.8. The number of nitrogens with one attached hydrogen (secondary N) is 1. The second-order valence-corrected chi connectivity index (χ2v) is 6.46. The van der Waals surface area contributed by atoms with E-state index in [9.17, 15) is 9.59 Å². The van der Waals surface area contributed by atoms with Crippen molar-refractivity contribution in [3.05, 3.63) is 72.6 Å². The van der Waals surface area contributed by atoms with Gasteiger partial charge < -0.3 is 15.0 Å². The van der Waals surface area contributed by atoms with Crippen LogP contribution in [0.3, 0.4) is 0 Å². The fourth-order valence-electron chi connectivity index (χ4n) is 3.17. The highest BCUT2D eigenvalue weighted by molar-refractivity contribution is 5.99. The topological polar surface area (TPSA) is 76.5 Å². The molecule has 0 bridgehead atoms. The number of ether oxygens (including phenoxy) is 1. The molecule has 4 rings (SSSR count). The van der Waals surface area contributed by atoms with Gasteiger partial charge in [0.25, 0.3) is 5.91 Å². The molecule has 2 amide bonds. The maximum absolute atomic E-state index is 12.5. The van der Waals surface area contributed by atoms with Crippen LogP contribution in [0.2, 0.25) is 0 Å². The maximum Gasteiger partial charge on any atom is 0.265 e. The number of carbonyl (C=O) groups is 2. The van der Waals surface area contributed by atoms with Crippen molar-refractivity contribution in [1.29, 1.82) is 0 Å². The average molecular weight is 376 g/mol. The van der Waals surface area contributed by atoms with E-state index in [1.54, 1.807) is 15.8 Å². The lowest BCUT2D eigenvalue weighted by Crippen LogP contribution is -2.40. The standard InChI is InChI=1S/C21H20N4O3/c26-20(10-13-25-18-8-3-4-9-19(18)28-15-21(25)27)23-17-7-2-1-6-16(17)14-24-12-5-11-22-24/h1-9,11-12H,10,13-15H2,(H,23,26). The highest BCUT2D eigenvalue weighted by Crippen LogP contribution is 2.31. The Balaban J connectivity index is 1.41. The minimum atomic E-state index is -0.148. The molecule has 3 aromatic rings. The molecule has 7 heteroatoms. The molecule has 1 aliphatic heterocycles. The molecule has 0 radical (unpaired) electrons. The van der Waals surface area contributed by atoms with E-state index < -0.39 is 0 Å². The van der Waals surface area contributed by atoms with Crippen LogP contribution in [0.25, 0.3) is 0 Å². The van der Waals surface area contributed by atoms with Crippen molar-refractivity contribution in [2.75, 3.05) is 23.4 Å². The summed E-state index contributed by atoms with van der Waals surface area (Å²) in [5.74, 6) is 0.363. The van der Waals surface area contributed by atoms with Gasteiger partial charge >= 0.3 is 0 Å². The number of nitrogens with zero attached hydrogens (tertiary/aromatic N) is 3. The molecule has 0 spiro atoms. The van der Waals surface area contributed by atoms with E-state index in [0.29, 0.717) is 24.5 Å². The van der Waals surface area contributed by atoms with Crippen molar-refractivity contribution in [1.82, 2.24) is 9.78 Å². The van der Waals surface area contributed by atoms with Gasteiger partial charge in [-0.1, -0.05) is 30.3 Å². The molecule has 0 unspecified atom stereocenters. The highest BCUT2D eigenvalue weighted by Gasteiger charge is 2.25. The molecule has 2 heterocycles. The molecule has 1 aliphatic rings. The van der Waals surface area contributed by atoms with Crippen LogP contribution in [-0.4, -0.2) is 34.7 Å². The smallest absolute Gasteiger partial charge is 0.265 e. The Bertz CT molecular complexity index is 985. The number of amides is 2. The molecular weight excluding hydrogens is 356 g/mol. The van der Waals surface area contributed by atoms with Crippen molar-refractivity contribution < 1.29 is 14.3 Å². The summed E-state index contributed by atoms with van der Waals surface area (Å²) in [5.41, 5.74) is 2.41. The lowest BCUT2D eigenvalue weighted by molar-refractivity contribution is -0.121. The number of hydrogen-bond acceptors (Lipinski definition) is 4. The van der Waals surface area contributed by atoms with Gasteiger partial charge in [0, 0.05) is 31.0 Å². The average Bonchev–Trinajstić information content (AvgIpc) is 3.22. The van der Waals surface area contributed by atoms with E-state index in [1.165, 1.54) is 0 Å². The van der Waals surface area contributed by atoms with Gasteiger partial charge in [0.1, 0.15) is 5.75 Å². The Labute approximate surface area is 162 Å². The molecule has 1 aromatic heterocycles. The van der Waals surface area contributed by atoms with Gasteiger partial charge in [-0.25, -0.2) is 0 Å². The number of anilines is 2. The van der Waals surface area contributed by atoms with Crippen LogP contribution < -0.4 is 15.0 Å². The Morgan fingerprint density at radius 3 is 2.79 bits per heavy atom. The summed E-state index contributed by atoms with van der Waals surface area (Å²) >= 11 is 0. The molecule has 142 valence electrons. The van der Waals surface area contributed by atoms with E-state index in [1.807, 2.05) is 60.8 Å². The second kappa shape index (κ2) is 7.96. The van der Waals surface area contributed by atoms with Crippen LogP contribution in [0.15, 0.2) is 67.0 Å². The summed E-state index contributed by atoms with van der Waals surface area (Å²) in [7, 11) is 0. The van der Waals surface area contributed by atoms with Crippen LogP contribution in [0, 0.1) is 0 Å². The summed E-state index contributed by atoms with van der Waals surface area (Å²) < 4.78 is 7.23. The fourth-order valence-corrected chi connectivity index (χ4v) is 3.17. The number of rotatable bonds is 6. The summed E-state index contributed by atoms with van der Waals surface area (Å²) in [6.45, 7) is 0.858. The monoisotopic (exact) mass is 376 g/mol. The number of aromatic nitrogens is 2. The lowest BCUT2D eigenvalue weighted by Gasteiger charge is -2.29. The molecule has 7 nitrogen and oxygen atoms in total. The molecule has 0 saturated carbocycles. The van der Waals surface area contributed by atoms with Crippen molar-refractivity contribution in [3.63, 3.8) is 0 Å². The fraction of sp³-hybridized carbons (Fsp3) is 0.190. The predicted octanol–water partition coefficient (Wildman–Crippen LogP) is 2.69. The zero-order valence-corrected chi connectivity index (χ0v) is 15.2. The normalized spacial score (nSPS) is 13.0. The molecule has 0 atom stereocenters. The van der Waals surface area contributed by atoms with Crippen LogP contribution in [0.5, 0.6) is 5.75 Å². The highest BCUT2D eigenvalue weighted by atomic mass is 16.5. The van der Waals surface area contributed by atoms with Crippen LogP contribution in [0.1, 0.15) is 12.0 Å². The van der Waals surface area contributed by atoms with Crippen molar-refractivity contribution in [3.8, 4) is 5.75 Å². The number of fused-ring (bicyclic) bond motifs is 1. The van der Waals surface area contributed by atoms with E-state index in [2.05, 4.69) is 10.4 Å². The summed E-state index contributed by atoms with van der Waals surface area (Å²) in [6.07, 6.45) is 3.79. The zero-order chi connectivity index (χ0) is 19.3. The Hall–Kier alpha value is -3.61. The molecule has 0 saturated heterocycles. The van der Waals surface area contributed by atoms with Gasteiger partial charge in [-0.05, 0) is 29.8 Å². The first-order valence-corrected chi connectivity index (χ1v) is 9.08. The van der Waals surface area contributed by atoms with Gasteiger partial charge in [-0.2, -0.15) is 5.10 Å². The first-order valence-electron chi connectivity index (χ1n) is 9.08. The predicted molar refractivity (Wildman–Crippen MR) is 105 cm³/mol. The SMILES string of the molecule is O=C(CCN1C(=O)COc2ccccc21)Nc1ccccc1Cn1cccn1. The molecule has 28 heavy (non-hydrogen) atoms. The third kappa shape index (κ3) is 3.88. The first-order chi connectivity index (χ1) is 13.7. The van der Waals surface area contributed by atoms with Gasteiger partial charge in [0.15, 0.2) is 6.61 Å². The summed E-state index contributed by atoms with van der Waals surface area (Å²) in [5, 5.41) is 7.16. The van der Waals surface area contributed by atoms with Gasteiger partial charge in [-0.15, -0.1) is 0 Å². The van der Waals surface area contributed by atoms with E-state index in [-0.39, 0.29) is 24.8 Å². The molecule has 2 aromatic carbocycles. The van der Waals surface area contributed by atoms with Crippen molar-refractivity contribution >= 4 is 23.2 Å². The second-order valence-electron chi connectivity index (χ2n) is 6.46. The molecular formula is C21H20N4O3. The van der Waals surface area contributed by atoms with Crippen LogP contribution in [-0.2, 0) is 16.1 Å². The van der Waals surface area contributed by atoms with E-state index in [0.717, 1.165) is 11.3 Å². The largest absolute Gasteiger partial charge is 0.482 e.